The van der Waals surface area contributed by atoms with Crippen LogP contribution in [0.1, 0.15) is 44.1 Å². The van der Waals surface area contributed by atoms with E-state index in [0.29, 0.717) is 11.2 Å². The van der Waals surface area contributed by atoms with Gasteiger partial charge in [0.2, 0.25) is 0 Å². The van der Waals surface area contributed by atoms with Crippen LogP contribution in [0.2, 0.25) is 0 Å². The summed E-state index contributed by atoms with van der Waals surface area (Å²) in [5, 5.41) is 10.5. The normalized spacial score (nSPS) is 14.3. The minimum atomic E-state index is -0.744. The number of benzene rings is 1. The molecule has 3 nitrogen and oxygen atoms in total. The van der Waals surface area contributed by atoms with Crippen molar-refractivity contribution in [3.63, 3.8) is 0 Å². The number of aliphatic carboxylic acids is 1. The maximum absolute atomic E-state index is 11.6. The molecule has 1 aromatic carbocycles. The number of aromatic amines is 1. The summed E-state index contributed by atoms with van der Waals surface area (Å²) >= 11 is 3.63. The lowest BCUT2D eigenvalue weighted by Gasteiger charge is -2.14. The molecule has 0 radical (unpaired) electrons. The van der Waals surface area contributed by atoms with Gasteiger partial charge >= 0.3 is 5.97 Å². The predicted octanol–water partition coefficient (Wildman–Crippen LogP) is 4.68. The summed E-state index contributed by atoms with van der Waals surface area (Å²) in [6.07, 6.45) is 5.57. The van der Waals surface area contributed by atoms with Crippen molar-refractivity contribution in [3.8, 4) is 0 Å². The van der Waals surface area contributed by atoms with Gasteiger partial charge in [-0.2, -0.15) is 0 Å². The molecule has 20 heavy (non-hydrogen) atoms. The first kappa shape index (κ1) is 15.1. The molecule has 2 aromatic rings. The Morgan fingerprint density at radius 3 is 2.75 bits per heavy atom. The number of carboxylic acid groups (broad SMARTS) is 1. The number of aromatic nitrogens is 1. The molecule has 1 heterocycles. The van der Waals surface area contributed by atoms with Crippen LogP contribution in [0.15, 0.2) is 30.5 Å². The molecule has 0 aliphatic rings. The van der Waals surface area contributed by atoms with E-state index in [1.165, 1.54) is 0 Å². The van der Waals surface area contributed by atoms with Gasteiger partial charge in [0.05, 0.1) is 5.92 Å². The van der Waals surface area contributed by atoms with Gasteiger partial charge in [0, 0.05) is 21.9 Å². The molecule has 4 heteroatoms. The Kier molecular flexibility index (Phi) is 5.24. The molecule has 0 spiro atoms. The molecule has 1 aromatic heterocycles. The molecule has 0 aliphatic carbocycles. The summed E-state index contributed by atoms with van der Waals surface area (Å²) in [6.45, 7) is 2.14. The van der Waals surface area contributed by atoms with Gasteiger partial charge in [0.15, 0.2) is 0 Å². The zero-order valence-electron chi connectivity index (χ0n) is 11.6. The number of rotatable bonds is 7. The van der Waals surface area contributed by atoms with E-state index >= 15 is 0 Å². The first-order valence-electron chi connectivity index (χ1n) is 7.06. The molecule has 2 N–H and O–H groups in total. The lowest BCUT2D eigenvalue weighted by Crippen LogP contribution is -2.13. The molecule has 0 saturated carbocycles. The van der Waals surface area contributed by atoms with Crippen molar-refractivity contribution in [2.75, 3.05) is 0 Å². The van der Waals surface area contributed by atoms with Crippen LogP contribution < -0.4 is 0 Å². The molecule has 0 saturated heterocycles. The monoisotopic (exact) mass is 337 g/mol. The van der Waals surface area contributed by atoms with Crippen molar-refractivity contribution in [2.45, 2.75) is 43.4 Å². The smallest absolute Gasteiger partial charge is 0.311 e. The third kappa shape index (κ3) is 3.42. The predicted molar refractivity (Wildman–Crippen MR) is 85.5 cm³/mol. The minimum Gasteiger partial charge on any atom is -0.481 e. The molecule has 2 atom stereocenters. The van der Waals surface area contributed by atoms with Crippen LogP contribution in [0.3, 0.4) is 0 Å². The fourth-order valence-electron chi connectivity index (χ4n) is 2.60. The van der Waals surface area contributed by atoms with Crippen LogP contribution in [0.5, 0.6) is 0 Å². The zero-order chi connectivity index (χ0) is 14.5. The van der Waals surface area contributed by atoms with Crippen LogP contribution in [-0.2, 0) is 4.79 Å². The van der Waals surface area contributed by atoms with E-state index in [1.54, 1.807) is 0 Å². The fourth-order valence-corrected chi connectivity index (χ4v) is 3.32. The number of hydrogen-bond donors (Lipinski definition) is 2. The number of para-hydroxylation sites is 1. The van der Waals surface area contributed by atoms with Crippen LogP contribution in [0.4, 0.5) is 0 Å². The molecular weight excluding hydrogens is 318 g/mol. The number of carboxylic acids is 1. The van der Waals surface area contributed by atoms with Gasteiger partial charge in [0.25, 0.3) is 0 Å². The third-order valence-electron chi connectivity index (χ3n) is 3.67. The maximum atomic E-state index is 11.6. The summed E-state index contributed by atoms with van der Waals surface area (Å²) in [5.41, 5.74) is 1.89. The summed E-state index contributed by atoms with van der Waals surface area (Å²) in [5.74, 6) is -1.19. The number of alkyl halides is 1. The van der Waals surface area contributed by atoms with Gasteiger partial charge in [-0.15, -0.1) is 0 Å². The average molecular weight is 338 g/mol. The Labute approximate surface area is 127 Å². The maximum Gasteiger partial charge on any atom is 0.311 e. The first-order chi connectivity index (χ1) is 9.63. The largest absolute Gasteiger partial charge is 0.481 e. The van der Waals surface area contributed by atoms with E-state index in [0.717, 1.165) is 35.7 Å². The van der Waals surface area contributed by atoms with E-state index in [-0.39, 0.29) is 0 Å². The van der Waals surface area contributed by atoms with Crippen molar-refractivity contribution >= 4 is 32.8 Å². The van der Waals surface area contributed by atoms with Crippen molar-refractivity contribution in [1.29, 1.82) is 0 Å². The second kappa shape index (κ2) is 6.93. The van der Waals surface area contributed by atoms with Gasteiger partial charge < -0.3 is 10.1 Å². The summed E-state index contributed by atoms with van der Waals surface area (Å²) in [4.78, 5) is 15.1. The fraction of sp³-hybridized carbons (Fsp3) is 0.438. The summed E-state index contributed by atoms with van der Waals surface area (Å²) < 4.78 is 0. The Hall–Kier alpha value is -1.29. The van der Waals surface area contributed by atoms with Gasteiger partial charge in [-0.3, -0.25) is 4.79 Å². The minimum absolute atomic E-state index is 0.402. The van der Waals surface area contributed by atoms with Crippen molar-refractivity contribution in [3.05, 3.63) is 36.0 Å². The average Bonchev–Trinajstić information content (AvgIpc) is 2.83. The molecular formula is C16H20BrNO2. The third-order valence-corrected chi connectivity index (χ3v) is 4.58. The Balaban J connectivity index is 2.18. The summed E-state index contributed by atoms with van der Waals surface area (Å²) in [7, 11) is 0. The molecule has 0 amide bonds. The number of hydrogen-bond acceptors (Lipinski definition) is 1. The lowest BCUT2D eigenvalue weighted by molar-refractivity contribution is -0.139. The highest BCUT2D eigenvalue weighted by Gasteiger charge is 2.23. The van der Waals surface area contributed by atoms with Gasteiger partial charge in [-0.25, -0.2) is 0 Å². The van der Waals surface area contributed by atoms with Crippen LogP contribution in [0, 0.1) is 0 Å². The molecule has 0 aliphatic heterocycles. The number of halogens is 1. The van der Waals surface area contributed by atoms with E-state index in [9.17, 15) is 9.90 Å². The zero-order valence-corrected chi connectivity index (χ0v) is 13.2. The van der Waals surface area contributed by atoms with E-state index in [1.807, 2.05) is 30.5 Å². The highest BCUT2D eigenvalue weighted by atomic mass is 79.9. The summed E-state index contributed by atoms with van der Waals surface area (Å²) in [6, 6.07) is 7.86. The van der Waals surface area contributed by atoms with Gasteiger partial charge in [-0.05, 0) is 30.9 Å². The van der Waals surface area contributed by atoms with Crippen LogP contribution in [0.25, 0.3) is 10.9 Å². The SMILES string of the molecule is CCCC(Br)CCC(C(=O)O)c1c[nH]c2ccccc12. The first-order valence-corrected chi connectivity index (χ1v) is 7.98. The highest BCUT2D eigenvalue weighted by Crippen LogP contribution is 2.30. The Bertz CT molecular complexity index is 579. The van der Waals surface area contributed by atoms with E-state index < -0.39 is 11.9 Å². The van der Waals surface area contributed by atoms with Crippen molar-refractivity contribution in [1.82, 2.24) is 4.98 Å². The van der Waals surface area contributed by atoms with Crippen molar-refractivity contribution in [2.24, 2.45) is 0 Å². The Morgan fingerprint density at radius 1 is 1.30 bits per heavy atom. The topological polar surface area (TPSA) is 53.1 Å². The lowest BCUT2D eigenvalue weighted by atomic mass is 9.93. The number of fused-ring (bicyclic) bond motifs is 1. The van der Waals surface area contributed by atoms with E-state index in [2.05, 4.69) is 27.8 Å². The molecule has 2 unspecified atom stereocenters. The molecule has 108 valence electrons. The number of carbonyl (C=O) groups is 1. The van der Waals surface area contributed by atoms with Crippen LogP contribution in [-0.4, -0.2) is 20.9 Å². The second-order valence-corrected chi connectivity index (χ2v) is 6.44. The number of nitrogens with one attached hydrogen (secondary N) is 1. The quantitative estimate of drug-likeness (QED) is 0.720. The van der Waals surface area contributed by atoms with Crippen molar-refractivity contribution < 1.29 is 9.90 Å². The van der Waals surface area contributed by atoms with Gasteiger partial charge in [-0.1, -0.05) is 47.5 Å². The molecule has 0 fully saturated rings. The molecule has 0 bridgehead atoms. The van der Waals surface area contributed by atoms with Crippen LogP contribution >= 0.6 is 15.9 Å². The molecule has 2 rings (SSSR count). The number of H-pyrrole nitrogens is 1. The second-order valence-electron chi connectivity index (χ2n) is 5.14. The Morgan fingerprint density at radius 2 is 2.05 bits per heavy atom. The highest BCUT2D eigenvalue weighted by molar-refractivity contribution is 9.09. The van der Waals surface area contributed by atoms with Gasteiger partial charge in [0.1, 0.15) is 0 Å². The van der Waals surface area contributed by atoms with E-state index in [4.69, 9.17) is 0 Å². The standard InChI is InChI=1S/C16H20BrNO2/c1-2-5-11(17)8-9-13(16(19)20)14-10-18-15-7-4-3-6-12(14)15/h3-4,6-7,10-11,13,18H,2,5,8-9H2,1H3,(H,19,20).